The topological polar surface area (TPSA) is 78.9 Å². The Balaban J connectivity index is 1.86. The van der Waals surface area contributed by atoms with E-state index in [2.05, 4.69) is 21.2 Å². The van der Waals surface area contributed by atoms with E-state index in [4.69, 9.17) is 4.74 Å². The number of carbonyl (C=O) groups is 2. The summed E-state index contributed by atoms with van der Waals surface area (Å²) in [6.07, 6.45) is 1.48. The van der Waals surface area contributed by atoms with Crippen molar-refractivity contribution in [3.8, 4) is 11.5 Å². The maximum absolute atomic E-state index is 13.0. The molecule has 1 aliphatic heterocycles. The zero-order valence-corrected chi connectivity index (χ0v) is 15.2. The van der Waals surface area contributed by atoms with Crippen LogP contribution in [0.3, 0.4) is 0 Å². The van der Waals surface area contributed by atoms with E-state index < -0.39 is 17.8 Å². The Morgan fingerprint density at radius 3 is 2.62 bits per heavy atom. The lowest BCUT2D eigenvalue weighted by atomic mass is 10.1. The molecule has 26 heavy (non-hydrogen) atoms. The Morgan fingerprint density at radius 1 is 1.27 bits per heavy atom. The van der Waals surface area contributed by atoms with E-state index in [0.717, 1.165) is 4.90 Å². The van der Waals surface area contributed by atoms with Crippen molar-refractivity contribution in [2.75, 3.05) is 7.11 Å². The van der Waals surface area contributed by atoms with Gasteiger partial charge in [-0.1, -0.05) is 28.1 Å². The third-order valence-corrected chi connectivity index (χ3v) is 4.50. The number of carbonyl (C=O) groups excluding carboxylic acids is 2. The molecular formula is C18H14BrFN2O4. The van der Waals surface area contributed by atoms with Crippen LogP contribution in [-0.2, 0) is 11.3 Å². The fourth-order valence-electron chi connectivity index (χ4n) is 2.48. The molecular weight excluding hydrogens is 407 g/mol. The Kier molecular flexibility index (Phi) is 4.94. The summed E-state index contributed by atoms with van der Waals surface area (Å²) in [5, 5.41) is 12.3. The minimum atomic E-state index is -0.563. The van der Waals surface area contributed by atoms with Crippen LogP contribution in [0.1, 0.15) is 11.1 Å². The van der Waals surface area contributed by atoms with Crippen molar-refractivity contribution in [3.05, 3.63) is 63.5 Å². The van der Waals surface area contributed by atoms with E-state index in [0.29, 0.717) is 15.6 Å². The molecule has 3 rings (SSSR count). The number of methoxy groups -OCH3 is 1. The largest absolute Gasteiger partial charge is 0.504 e. The highest BCUT2D eigenvalue weighted by Crippen LogP contribution is 2.33. The van der Waals surface area contributed by atoms with E-state index in [1.54, 1.807) is 0 Å². The highest BCUT2D eigenvalue weighted by molar-refractivity contribution is 9.10. The molecule has 1 saturated heterocycles. The molecule has 2 aromatic carbocycles. The first-order chi connectivity index (χ1) is 12.4. The van der Waals surface area contributed by atoms with Crippen LogP contribution in [0.5, 0.6) is 11.5 Å². The summed E-state index contributed by atoms with van der Waals surface area (Å²) in [6.45, 7) is 0.0301. The number of phenols is 1. The van der Waals surface area contributed by atoms with Gasteiger partial charge in [0.05, 0.1) is 13.7 Å². The Bertz CT molecular complexity index is 912. The van der Waals surface area contributed by atoms with Gasteiger partial charge in [0.15, 0.2) is 11.5 Å². The van der Waals surface area contributed by atoms with Crippen LogP contribution >= 0.6 is 15.9 Å². The molecule has 1 heterocycles. The summed E-state index contributed by atoms with van der Waals surface area (Å²) in [5.74, 6) is -0.711. The zero-order chi connectivity index (χ0) is 18.8. The van der Waals surface area contributed by atoms with Gasteiger partial charge >= 0.3 is 6.03 Å². The fourth-order valence-corrected chi connectivity index (χ4v) is 2.92. The van der Waals surface area contributed by atoms with Crippen molar-refractivity contribution in [3.63, 3.8) is 0 Å². The summed E-state index contributed by atoms with van der Waals surface area (Å²) in [7, 11) is 1.41. The molecule has 0 aliphatic carbocycles. The molecule has 1 fully saturated rings. The van der Waals surface area contributed by atoms with E-state index in [1.165, 1.54) is 49.6 Å². The number of rotatable bonds is 4. The van der Waals surface area contributed by atoms with Gasteiger partial charge in [0, 0.05) is 4.47 Å². The molecule has 6 nitrogen and oxygen atoms in total. The fraction of sp³-hybridized carbons (Fsp3) is 0.111. The van der Waals surface area contributed by atoms with Gasteiger partial charge in [-0.25, -0.2) is 9.18 Å². The van der Waals surface area contributed by atoms with Crippen LogP contribution in [-0.4, -0.2) is 29.1 Å². The minimum absolute atomic E-state index is 0.0301. The zero-order valence-electron chi connectivity index (χ0n) is 13.6. The van der Waals surface area contributed by atoms with Gasteiger partial charge in [0.1, 0.15) is 11.5 Å². The average Bonchev–Trinajstić information content (AvgIpc) is 2.86. The first kappa shape index (κ1) is 17.9. The summed E-state index contributed by atoms with van der Waals surface area (Å²) in [5.41, 5.74) is 1.26. The molecule has 8 heteroatoms. The van der Waals surface area contributed by atoms with Crippen LogP contribution in [0.4, 0.5) is 9.18 Å². The second-order valence-corrected chi connectivity index (χ2v) is 6.41. The van der Waals surface area contributed by atoms with Crippen LogP contribution in [0.2, 0.25) is 0 Å². The van der Waals surface area contributed by atoms with Crippen LogP contribution in [0, 0.1) is 5.82 Å². The average molecular weight is 421 g/mol. The molecule has 0 saturated carbocycles. The number of halogens is 2. The van der Waals surface area contributed by atoms with Gasteiger partial charge in [-0.15, -0.1) is 0 Å². The standard InChI is InChI=1S/C18H14BrFN2O4/c1-26-16-7-11(13(19)8-15(16)23)6-14-17(24)22(18(25)21-14)9-10-2-4-12(20)5-3-10/h2-8,23H,9H2,1H3,(H,21,25)/b14-6+. The Hall–Kier alpha value is -2.87. The monoisotopic (exact) mass is 420 g/mol. The lowest BCUT2D eigenvalue weighted by molar-refractivity contribution is -0.123. The number of hydrogen-bond acceptors (Lipinski definition) is 4. The molecule has 0 atom stereocenters. The van der Waals surface area contributed by atoms with Crippen molar-refractivity contribution in [1.82, 2.24) is 10.2 Å². The van der Waals surface area contributed by atoms with E-state index in [1.807, 2.05) is 0 Å². The van der Waals surface area contributed by atoms with Crippen LogP contribution in [0.25, 0.3) is 6.08 Å². The van der Waals surface area contributed by atoms with Gasteiger partial charge < -0.3 is 15.2 Å². The molecule has 0 aromatic heterocycles. The van der Waals surface area contributed by atoms with Crippen LogP contribution < -0.4 is 10.1 Å². The Labute approximate surface area is 157 Å². The summed E-state index contributed by atoms with van der Waals surface area (Å²) < 4.78 is 18.6. The molecule has 1 aliphatic rings. The summed E-state index contributed by atoms with van der Waals surface area (Å²) in [4.78, 5) is 25.7. The van der Waals surface area contributed by atoms with Gasteiger partial charge in [-0.3, -0.25) is 9.69 Å². The van der Waals surface area contributed by atoms with E-state index in [-0.39, 0.29) is 23.7 Å². The van der Waals surface area contributed by atoms with Crippen molar-refractivity contribution >= 4 is 33.9 Å². The number of benzene rings is 2. The van der Waals surface area contributed by atoms with Crippen molar-refractivity contribution in [2.24, 2.45) is 0 Å². The molecule has 2 N–H and O–H groups in total. The van der Waals surface area contributed by atoms with E-state index >= 15 is 0 Å². The number of ether oxygens (including phenoxy) is 1. The minimum Gasteiger partial charge on any atom is -0.504 e. The normalized spacial score (nSPS) is 15.5. The second kappa shape index (κ2) is 7.17. The van der Waals surface area contributed by atoms with Crippen molar-refractivity contribution in [1.29, 1.82) is 0 Å². The molecule has 0 unspecified atom stereocenters. The number of hydrogen-bond donors (Lipinski definition) is 2. The number of amides is 3. The molecule has 2 aromatic rings. The molecule has 0 radical (unpaired) electrons. The number of aromatic hydroxyl groups is 1. The third-order valence-electron chi connectivity index (χ3n) is 3.81. The maximum atomic E-state index is 13.0. The molecule has 0 spiro atoms. The first-order valence-corrected chi connectivity index (χ1v) is 8.34. The van der Waals surface area contributed by atoms with Gasteiger partial charge in [-0.05, 0) is 41.5 Å². The first-order valence-electron chi connectivity index (χ1n) is 7.54. The number of urea groups is 1. The molecule has 134 valence electrons. The highest BCUT2D eigenvalue weighted by Gasteiger charge is 2.33. The van der Waals surface area contributed by atoms with Gasteiger partial charge in [0.2, 0.25) is 0 Å². The predicted molar refractivity (Wildman–Crippen MR) is 95.8 cm³/mol. The van der Waals surface area contributed by atoms with Crippen molar-refractivity contribution in [2.45, 2.75) is 6.54 Å². The van der Waals surface area contributed by atoms with Crippen LogP contribution in [0.15, 0.2) is 46.6 Å². The lowest BCUT2D eigenvalue weighted by Gasteiger charge is -2.11. The van der Waals surface area contributed by atoms with Gasteiger partial charge in [0.25, 0.3) is 5.91 Å². The number of phenolic OH excluding ortho intramolecular Hbond substituents is 1. The predicted octanol–water partition coefficient (Wildman–Crippen LogP) is 3.40. The summed E-state index contributed by atoms with van der Waals surface area (Å²) >= 11 is 3.30. The lowest BCUT2D eigenvalue weighted by Crippen LogP contribution is -2.30. The molecule has 3 amide bonds. The maximum Gasteiger partial charge on any atom is 0.329 e. The SMILES string of the molecule is COc1cc(/C=C2/NC(=O)N(Cc3ccc(F)cc3)C2=O)c(Br)cc1O. The number of nitrogens with zero attached hydrogens (tertiary/aromatic N) is 1. The Morgan fingerprint density at radius 2 is 1.96 bits per heavy atom. The number of nitrogens with one attached hydrogen (secondary N) is 1. The second-order valence-electron chi connectivity index (χ2n) is 5.55. The highest BCUT2D eigenvalue weighted by atomic mass is 79.9. The summed E-state index contributed by atoms with van der Waals surface area (Å²) in [6, 6.07) is 7.97. The smallest absolute Gasteiger partial charge is 0.329 e. The quantitative estimate of drug-likeness (QED) is 0.586. The number of imide groups is 1. The molecule has 0 bridgehead atoms. The van der Waals surface area contributed by atoms with Crippen molar-refractivity contribution < 1.29 is 23.8 Å². The van der Waals surface area contributed by atoms with Gasteiger partial charge in [-0.2, -0.15) is 0 Å². The third kappa shape index (κ3) is 3.55. The van der Waals surface area contributed by atoms with E-state index in [9.17, 15) is 19.1 Å².